The third-order valence-electron chi connectivity index (χ3n) is 3.27. The second kappa shape index (κ2) is 12.9. The number of amidine groups is 2. The quantitative estimate of drug-likeness (QED) is 0.206. The van der Waals surface area contributed by atoms with E-state index >= 15 is 0 Å². The first-order chi connectivity index (χ1) is 12.7. The lowest BCUT2D eigenvalue weighted by atomic mass is 10.1. The Morgan fingerprint density at radius 2 is 1.37 bits per heavy atom. The molecule has 2 rings (SSSR count). The highest BCUT2D eigenvalue weighted by atomic mass is 16.4. The fraction of sp³-hybridized carbons (Fsp3) is 0.211. The van der Waals surface area contributed by atoms with Gasteiger partial charge in [-0.1, -0.05) is 79.7 Å². The van der Waals surface area contributed by atoms with Crippen LogP contribution in [0.4, 0.5) is 0 Å². The lowest BCUT2D eigenvalue weighted by molar-refractivity contribution is -0.139. The van der Waals surface area contributed by atoms with Crippen LogP contribution in [0.5, 0.6) is 0 Å². The van der Waals surface area contributed by atoms with E-state index in [2.05, 4.69) is 5.16 Å². The van der Waals surface area contributed by atoms with Crippen molar-refractivity contribution in [2.75, 3.05) is 0 Å². The predicted molar refractivity (Wildman–Crippen MR) is 107 cm³/mol. The Balaban J connectivity index is 0.000000379. The van der Waals surface area contributed by atoms with Gasteiger partial charge in [-0.05, 0) is 5.92 Å². The maximum absolute atomic E-state index is 10.0. The number of rotatable bonds is 4. The molecule has 0 spiro atoms. The van der Waals surface area contributed by atoms with Gasteiger partial charge in [0.1, 0.15) is 11.9 Å². The topological polar surface area (TPSA) is 172 Å². The van der Waals surface area contributed by atoms with Crippen molar-refractivity contribution >= 4 is 17.6 Å². The Hall–Kier alpha value is -3.39. The SMILES string of the molecule is CC(C)C(N)C(=O)O.N=C(N)c1ccccc1.NC(=NO)c1ccccc1. The van der Waals surface area contributed by atoms with Crippen molar-refractivity contribution in [3.05, 3.63) is 71.8 Å². The summed E-state index contributed by atoms with van der Waals surface area (Å²) in [5.41, 5.74) is 17.2. The first-order valence-corrected chi connectivity index (χ1v) is 8.11. The Bertz CT molecular complexity index is 719. The zero-order valence-corrected chi connectivity index (χ0v) is 15.4. The maximum atomic E-state index is 10.0. The number of carbonyl (C=O) groups is 1. The largest absolute Gasteiger partial charge is 0.480 e. The number of nitrogens with two attached hydrogens (primary N) is 3. The van der Waals surface area contributed by atoms with E-state index in [1.807, 2.05) is 48.5 Å². The van der Waals surface area contributed by atoms with Crippen molar-refractivity contribution in [3.63, 3.8) is 0 Å². The number of aliphatic carboxylic acids is 1. The van der Waals surface area contributed by atoms with Gasteiger partial charge in [-0.25, -0.2) is 0 Å². The highest BCUT2D eigenvalue weighted by Gasteiger charge is 2.14. The molecular formula is C19H27N5O3. The molecule has 0 saturated carbocycles. The fourth-order valence-electron chi connectivity index (χ4n) is 1.57. The third kappa shape index (κ3) is 10.3. The van der Waals surface area contributed by atoms with Crippen molar-refractivity contribution in [3.8, 4) is 0 Å². The van der Waals surface area contributed by atoms with Crippen LogP contribution in [0.2, 0.25) is 0 Å². The van der Waals surface area contributed by atoms with Crippen molar-refractivity contribution in [1.29, 1.82) is 5.41 Å². The molecule has 146 valence electrons. The van der Waals surface area contributed by atoms with Crippen LogP contribution in [0.25, 0.3) is 0 Å². The van der Waals surface area contributed by atoms with E-state index in [4.69, 9.17) is 32.9 Å². The lowest BCUT2D eigenvalue weighted by Gasteiger charge is -2.07. The second-order valence-corrected chi connectivity index (χ2v) is 5.74. The van der Waals surface area contributed by atoms with Gasteiger partial charge in [-0.15, -0.1) is 0 Å². The number of nitrogens with one attached hydrogen (secondary N) is 1. The van der Waals surface area contributed by atoms with E-state index in [1.165, 1.54) is 0 Å². The molecule has 0 heterocycles. The summed E-state index contributed by atoms with van der Waals surface area (Å²) < 4.78 is 0. The summed E-state index contributed by atoms with van der Waals surface area (Å²) in [6, 6.07) is 17.6. The van der Waals surface area contributed by atoms with Gasteiger partial charge in [-0.3, -0.25) is 10.2 Å². The molecular weight excluding hydrogens is 346 g/mol. The van der Waals surface area contributed by atoms with Crippen LogP contribution in [0, 0.1) is 11.3 Å². The third-order valence-corrected chi connectivity index (χ3v) is 3.27. The molecule has 0 radical (unpaired) electrons. The molecule has 0 aliphatic rings. The molecule has 8 heteroatoms. The number of carboxylic acids is 1. The van der Waals surface area contributed by atoms with Gasteiger partial charge in [0.15, 0.2) is 5.84 Å². The lowest BCUT2D eigenvalue weighted by Crippen LogP contribution is -2.34. The first kappa shape index (κ1) is 23.6. The van der Waals surface area contributed by atoms with Crippen LogP contribution in [0.3, 0.4) is 0 Å². The van der Waals surface area contributed by atoms with Crippen molar-refractivity contribution in [2.24, 2.45) is 28.3 Å². The van der Waals surface area contributed by atoms with Gasteiger partial charge in [-0.2, -0.15) is 0 Å². The van der Waals surface area contributed by atoms with E-state index in [9.17, 15) is 4.79 Å². The molecule has 0 fully saturated rings. The summed E-state index contributed by atoms with van der Waals surface area (Å²) in [7, 11) is 0. The number of hydrogen-bond donors (Lipinski definition) is 6. The molecule has 0 bridgehead atoms. The molecule has 1 atom stereocenters. The van der Waals surface area contributed by atoms with Crippen molar-refractivity contribution in [2.45, 2.75) is 19.9 Å². The Morgan fingerprint density at radius 1 is 0.963 bits per heavy atom. The highest BCUT2D eigenvalue weighted by molar-refractivity contribution is 5.96. The Kier molecular flexibility index (Phi) is 11.3. The molecule has 0 aliphatic heterocycles. The normalized spacial score (nSPS) is 11.3. The van der Waals surface area contributed by atoms with Crippen LogP contribution in [0.1, 0.15) is 25.0 Å². The van der Waals surface area contributed by atoms with Gasteiger partial charge < -0.3 is 27.5 Å². The second-order valence-electron chi connectivity index (χ2n) is 5.74. The molecule has 0 amide bonds. The standard InChI is InChI=1S/C7H8N2O.C7H8N2.C5H11NO2/c8-7(9-10)6-4-2-1-3-5-6;8-7(9)6-4-2-1-3-5-6;1-3(2)4(6)5(7)8/h1-5,10H,(H2,8,9);1-5H,(H3,8,9);3-4H,6H2,1-2H3,(H,7,8). The zero-order chi connectivity index (χ0) is 20.8. The molecule has 1 unspecified atom stereocenters. The minimum atomic E-state index is -0.931. The fourth-order valence-corrected chi connectivity index (χ4v) is 1.57. The van der Waals surface area contributed by atoms with Gasteiger partial charge in [0.2, 0.25) is 0 Å². The average molecular weight is 373 g/mol. The van der Waals surface area contributed by atoms with E-state index in [0.717, 1.165) is 11.1 Å². The summed E-state index contributed by atoms with van der Waals surface area (Å²) in [6.07, 6.45) is 0. The van der Waals surface area contributed by atoms with Gasteiger partial charge in [0.05, 0.1) is 0 Å². The maximum Gasteiger partial charge on any atom is 0.320 e. The number of oxime groups is 1. The smallest absolute Gasteiger partial charge is 0.320 e. The monoisotopic (exact) mass is 373 g/mol. The number of benzene rings is 2. The number of carboxylic acid groups (broad SMARTS) is 1. The van der Waals surface area contributed by atoms with E-state index in [-0.39, 0.29) is 17.6 Å². The first-order valence-electron chi connectivity index (χ1n) is 8.11. The minimum absolute atomic E-state index is 0.0208. The molecule has 9 N–H and O–H groups in total. The minimum Gasteiger partial charge on any atom is -0.480 e. The van der Waals surface area contributed by atoms with Crippen LogP contribution in [-0.4, -0.2) is 34.0 Å². The molecule has 0 saturated heterocycles. The molecule has 2 aromatic carbocycles. The van der Waals surface area contributed by atoms with Crippen LogP contribution < -0.4 is 17.2 Å². The number of nitrogens with zero attached hydrogens (tertiary/aromatic N) is 1. The van der Waals surface area contributed by atoms with Crippen LogP contribution in [0.15, 0.2) is 65.8 Å². The van der Waals surface area contributed by atoms with Crippen LogP contribution >= 0.6 is 0 Å². The van der Waals surface area contributed by atoms with E-state index in [1.54, 1.807) is 26.0 Å². The number of hydrogen-bond acceptors (Lipinski definition) is 5. The zero-order valence-electron chi connectivity index (χ0n) is 15.4. The average Bonchev–Trinajstić information content (AvgIpc) is 2.68. The summed E-state index contributed by atoms with van der Waals surface area (Å²) in [5.74, 6) is -0.649. The van der Waals surface area contributed by atoms with Crippen molar-refractivity contribution in [1.82, 2.24) is 0 Å². The summed E-state index contributed by atoms with van der Waals surface area (Å²) >= 11 is 0. The molecule has 2 aromatic rings. The van der Waals surface area contributed by atoms with Crippen molar-refractivity contribution < 1.29 is 15.1 Å². The summed E-state index contributed by atoms with van der Waals surface area (Å²) in [5, 5.41) is 26.3. The molecule has 27 heavy (non-hydrogen) atoms. The van der Waals surface area contributed by atoms with E-state index < -0.39 is 12.0 Å². The number of nitrogen functional groups attached to an aromatic ring is 1. The highest BCUT2D eigenvalue weighted by Crippen LogP contribution is 1.97. The molecule has 0 aromatic heterocycles. The molecule has 0 aliphatic carbocycles. The van der Waals surface area contributed by atoms with Crippen LogP contribution in [-0.2, 0) is 4.79 Å². The van der Waals surface area contributed by atoms with Gasteiger partial charge in [0, 0.05) is 11.1 Å². The van der Waals surface area contributed by atoms with E-state index in [0.29, 0.717) is 0 Å². The predicted octanol–water partition coefficient (Wildman–Crippen LogP) is 1.81. The van der Waals surface area contributed by atoms with Gasteiger partial charge in [0.25, 0.3) is 0 Å². The van der Waals surface area contributed by atoms with Gasteiger partial charge >= 0.3 is 5.97 Å². The Labute approximate surface area is 158 Å². The summed E-state index contributed by atoms with van der Waals surface area (Å²) in [6.45, 7) is 3.55. The summed E-state index contributed by atoms with van der Waals surface area (Å²) in [4.78, 5) is 10.0. The Morgan fingerprint density at radius 3 is 1.59 bits per heavy atom. The molecule has 8 nitrogen and oxygen atoms in total.